The van der Waals surface area contributed by atoms with Crippen LogP contribution in [0.15, 0.2) is 0 Å². The molecule has 0 unspecified atom stereocenters. The molecule has 3 heteroatoms. The van der Waals surface area contributed by atoms with E-state index < -0.39 is 12.1 Å². The summed E-state index contributed by atoms with van der Waals surface area (Å²) in [7, 11) is 0. The van der Waals surface area contributed by atoms with Gasteiger partial charge in [-0.2, -0.15) is 0 Å². The summed E-state index contributed by atoms with van der Waals surface area (Å²) >= 11 is 0. The molecular weight excluding hydrogens is 109 g/mol. The van der Waals surface area contributed by atoms with Crippen LogP contribution < -0.4 is 5.32 Å². The average Bonchev–Trinajstić information content (AvgIpc) is 1.77. The van der Waals surface area contributed by atoms with Crippen LogP contribution in [-0.4, -0.2) is 18.6 Å². The highest BCUT2D eigenvalue weighted by Gasteiger charge is 2.19. The van der Waals surface area contributed by atoms with E-state index in [-0.39, 0.29) is 0 Å². The molecule has 0 aromatic carbocycles. The van der Waals surface area contributed by atoms with Crippen LogP contribution in [0.3, 0.4) is 0 Å². The molecule has 1 heterocycles. The van der Waals surface area contributed by atoms with Gasteiger partial charge in [0.15, 0.2) is 6.17 Å². The molecule has 0 aromatic rings. The molecule has 0 aromatic heterocycles. The van der Waals surface area contributed by atoms with Crippen molar-refractivity contribution in [1.29, 1.82) is 0 Å². The molecule has 1 N–H and O–H groups in total. The summed E-state index contributed by atoms with van der Waals surface area (Å²) in [5.41, 5.74) is 0. The summed E-state index contributed by atoms with van der Waals surface area (Å²) in [4.78, 5) is 10.3. The third-order valence-electron chi connectivity index (χ3n) is 1.22. The first-order valence-corrected chi connectivity index (χ1v) is 2.72. The smallest absolute Gasteiger partial charge is 0.254 e. The molecule has 1 atom stereocenters. The van der Waals surface area contributed by atoms with Crippen molar-refractivity contribution in [3.05, 3.63) is 0 Å². The van der Waals surface area contributed by atoms with E-state index in [0.29, 0.717) is 13.0 Å². The zero-order chi connectivity index (χ0) is 5.98. The van der Waals surface area contributed by atoms with Crippen molar-refractivity contribution < 1.29 is 9.18 Å². The zero-order valence-electron chi connectivity index (χ0n) is 4.48. The number of hydrogen-bond donors (Lipinski definition) is 1. The molecule has 0 spiro atoms. The first-order valence-electron chi connectivity index (χ1n) is 2.72. The third-order valence-corrected chi connectivity index (χ3v) is 1.22. The number of carbonyl (C=O) groups excluding carboxylic acids is 1. The van der Waals surface area contributed by atoms with Crippen molar-refractivity contribution in [2.75, 3.05) is 6.54 Å². The molecular formula is C5H8FNO. The monoisotopic (exact) mass is 117 g/mol. The van der Waals surface area contributed by atoms with Gasteiger partial charge in [0.2, 0.25) is 0 Å². The zero-order valence-corrected chi connectivity index (χ0v) is 4.48. The van der Waals surface area contributed by atoms with Crippen LogP contribution in [0.2, 0.25) is 0 Å². The molecule has 0 aliphatic carbocycles. The van der Waals surface area contributed by atoms with Crippen molar-refractivity contribution in [2.45, 2.75) is 19.0 Å². The second-order valence-corrected chi connectivity index (χ2v) is 1.90. The van der Waals surface area contributed by atoms with Crippen LogP contribution >= 0.6 is 0 Å². The minimum Gasteiger partial charge on any atom is -0.354 e. The number of piperidine rings is 1. The summed E-state index contributed by atoms with van der Waals surface area (Å²) in [5, 5.41) is 2.42. The van der Waals surface area contributed by atoms with Gasteiger partial charge in [-0.3, -0.25) is 4.79 Å². The van der Waals surface area contributed by atoms with Gasteiger partial charge in [-0.1, -0.05) is 0 Å². The Morgan fingerprint density at radius 3 is 2.88 bits per heavy atom. The standard InChI is InChI=1S/C5H8FNO/c6-4-2-1-3-7-5(4)8/h4H,1-3H2,(H,7,8)/t4-/m0/s1. The lowest BCUT2D eigenvalue weighted by Crippen LogP contribution is -2.37. The minimum absolute atomic E-state index is 0.395. The lowest BCUT2D eigenvalue weighted by atomic mass is 10.1. The molecule has 1 rings (SSSR count). The highest BCUT2D eigenvalue weighted by Crippen LogP contribution is 2.05. The first kappa shape index (κ1) is 5.54. The van der Waals surface area contributed by atoms with E-state index in [1.54, 1.807) is 0 Å². The second kappa shape index (κ2) is 2.11. The van der Waals surface area contributed by atoms with E-state index in [2.05, 4.69) is 5.32 Å². The minimum atomic E-state index is -1.25. The van der Waals surface area contributed by atoms with Crippen molar-refractivity contribution in [2.24, 2.45) is 0 Å². The molecule has 1 fully saturated rings. The molecule has 46 valence electrons. The van der Waals surface area contributed by atoms with E-state index in [1.807, 2.05) is 0 Å². The van der Waals surface area contributed by atoms with Crippen molar-refractivity contribution in [1.82, 2.24) is 5.32 Å². The van der Waals surface area contributed by atoms with Crippen LogP contribution in [-0.2, 0) is 4.79 Å². The predicted octanol–water partition coefficient (Wildman–Crippen LogP) is 0.234. The van der Waals surface area contributed by atoms with E-state index in [0.717, 1.165) is 6.42 Å². The Morgan fingerprint density at radius 2 is 2.50 bits per heavy atom. The Balaban J connectivity index is 2.39. The van der Waals surface area contributed by atoms with Gasteiger partial charge in [-0.15, -0.1) is 0 Å². The Hall–Kier alpha value is -0.600. The molecule has 0 bridgehead atoms. The fourth-order valence-electron chi connectivity index (χ4n) is 0.735. The largest absolute Gasteiger partial charge is 0.354 e. The highest BCUT2D eigenvalue weighted by molar-refractivity contribution is 5.81. The van der Waals surface area contributed by atoms with Crippen LogP contribution in [0.4, 0.5) is 4.39 Å². The SMILES string of the molecule is O=C1NCCC[C@@H]1F. The summed E-state index contributed by atoms with van der Waals surface area (Å²) in [6.45, 7) is 0.638. The topological polar surface area (TPSA) is 29.1 Å². The van der Waals surface area contributed by atoms with Gasteiger partial charge in [0.25, 0.3) is 5.91 Å². The van der Waals surface area contributed by atoms with Crippen LogP contribution in [0, 0.1) is 0 Å². The van der Waals surface area contributed by atoms with Crippen LogP contribution in [0.25, 0.3) is 0 Å². The van der Waals surface area contributed by atoms with Crippen molar-refractivity contribution >= 4 is 5.91 Å². The Kier molecular flexibility index (Phi) is 1.46. The number of halogens is 1. The van der Waals surface area contributed by atoms with Gasteiger partial charge in [0, 0.05) is 6.54 Å². The lowest BCUT2D eigenvalue weighted by Gasteiger charge is -2.13. The van der Waals surface area contributed by atoms with Gasteiger partial charge in [-0.25, -0.2) is 4.39 Å². The Labute approximate surface area is 47.1 Å². The van der Waals surface area contributed by atoms with Gasteiger partial charge >= 0.3 is 0 Å². The molecule has 2 nitrogen and oxygen atoms in total. The van der Waals surface area contributed by atoms with E-state index in [4.69, 9.17) is 0 Å². The van der Waals surface area contributed by atoms with Crippen LogP contribution in [0.1, 0.15) is 12.8 Å². The quantitative estimate of drug-likeness (QED) is 0.483. The molecule has 8 heavy (non-hydrogen) atoms. The molecule has 1 amide bonds. The normalized spacial score (nSPS) is 29.6. The number of carbonyl (C=O) groups is 1. The van der Waals surface area contributed by atoms with E-state index >= 15 is 0 Å². The van der Waals surface area contributed by atoms with Gasteiger partial charge in [0.05, 0.1) is 0 Å². The average molecular weight is 117 g/mol. The summed E-state index contributed by atoms with van der Waals surface area (Å²) in [6.07, 6.45) is -0.0811. The maximum Gasteiger partial charge on any atom is 0.254 e. The summed E-state index contributed by atoms with van der Waals surface area (Å²) < 4.78 is 12.2. The van der Waals surface area contributed by atoms with Gasteiger partial charge in [0.1, 0.15) is 0 Å². The number of alkyl halides is 1. The molecule has 0 radical (unpaired) electrons. The maximum atomic E-state index is 12.2. The van der Waals surface area contributed by atoms with Crippen LogP contribution in [0.5, 0.6) is 0 Å². The summed E-state index contributed by atoms with van der Waals surface area (Å²) in [5.74, 6) is -0.448. The summed E-state index contributed by atoms with van der Waals surface area (Å²) in [6, 6.07) is 0. The third kappa shape index (κ3) is 0.967. The number of amides is 1. The molecule has 1 aliphatic heterocycles. The van der Waals surface area contributed by atoms with E-state index in [9.17, 15) is 9.18 Å². The fraction of sp³-hybridized carbons (Fsp3) is 0.800. The highest BCUT2D eigenvalue weighted by atomic mass is 19.1. The fourth-order valence-corrected chi connectivity index (χ4v) is 0.735. The number of hydrogen-bond acceptors (Lipinski definition) is 1. The first-order chi connectivity index (χ1) is 3.80. The van der Waals surface area contributed by atoms with Gasteiger partial charge < -0.3 is 5.32 Å². The second-order valence-electron chi connectivity index (χ2n) is 1.90. The van der Waals surface area contributed by atoms with Gasteiger partial charge in [-0.05, 0) is 12.8 Å². The number of rotatable bonds is 0. The lowest BCUT2D eigenvalue weighted by molar-refractivity contribution is -0.127. The maximum absolute atomic E-state index is 12.2. The van der Waals surface area contributed by atoms with Crippen molar-refractivity contribution in [3.63, 3.8) is 0 Å². The predicted molar refractivity (Wildman–Crippen MR) is 27.1 cm³/mol. The van der Waals surface area contributed by atoms with E-state index in [1.165, 1.54) is 0 Å². The van der Waals surface area contributed by atoms with Crippen molar-refractivity contribution in [3.8, 4) is 0 Å². The number of nitrogens with one attached hydrogen (secondary N) is 1. The Bertz CT molecular complexity index is 105. The Morgan fingerprint density at radius 1 is 1.75 bits per heavy atom. The molecule has 1 aliphatic rings. The molecule has 0 saturated carbocycles. The molecule has 1 saturated heterocycles.